The molecule has 1 aromatic carbocycles. The highest BCUT2D eigenvalue weighted by molar-refractivity contribution is 6.01. The molecule has 0 aliphatic heterocycles. The Hall–Kier alpha value is -1.48. The zero-order valence-corrected chi connectivity index (χ0v) is 13.3. The normalized spacial score (nSPS) is 37.3. The van der Waals surface area contributed by atoms with Crippen LogP contribution in [0.5, 0.6) is 0 Å². The van der Waals surface area contributed by atoms with Gasteiger partial charge in [-0.25, -0.2) is 0 Å². The van der Waals surface area contributed by atoms with Crippen molar-refractivity contribution in [2.45, 2.75) is 51.6 Å². The third-order valence-electron chi connectivity index (χ3n) is 5.96. The second kappa shape index (κ2) is 5.31. The Balaban J connectivity index is 2.03. The second-order valence-corrected chi connectivity index (χ2v) is 7.14. The maximum Gasteiger partial charge on any atom is 0.169 e. The Morgan fingerprint density at radius 3 is 2.64 bits per heavy atom. The average molecular weight is 300 g/mol. The number of ketones is 2. The number of carbonyl (C=O) groups excluding carboxylic acids is 2. The first-order valence-corrected chi connectivity index (χ1v) is 8.29. The van der Waals surface area contributed by atoms with E-state index in [1.165, 1.54) is 0 Å². The predicted octanol–water partition coefficient (Wildman–Crippen LogP) is 3.41. The minimum Gasteiger partial charge on any atom is -0.388 e. The van der Waals surface area contributed by atoms with Crippen molar-refractivity contribution in [1.82, 2.24) is 0 Å². The zero-order chi connectivity index (χ0) is 16.0. The fourth-order valence-electron chi connectivity index (χ4n) is 4.77. The number of Topliss-reactive ketones (excluding diaryl/α,β-unsaturated/α-hetero) is 2. The fourth-order valence-corrected chi connectivity index (χ4v) is 4.77. The van der Waals surface area contributed by atoms with Gasteiger partial charge in [-0.05, 0) is 32.1 Å². The van der Waals surface area contributed by atoms with Crippen LogP contribution in [0.25, 0.3) is 0 Å². The van der Waals surface area contributed by atoms with Gasteiger partial charge in [0.05, 0.1) is 16.9 Å². The lowest BCUT2D eigenvalue weighted by molar-refractivity contribution is -0.133. The van der Waals surface area contributed by atoms with Gasteiger partial charge in [0.25, 0.3) is 0 Å². The fraction of sp³-hybridized carbons (Fsp3) is 0.579. The lowest BCUT2D eigenvalue weighted by atomic mass is 9.72. The van der Waals surface area contributed by atoms with E-state index in [4.69, 9.17) is 0 Å². The molecule has 0 aromatic heterocycles. The van der Waals surface area contributed by atoms with Gasteiger partial charge in [0.15, 0.2) is 5.78 Å². The summed E-state index contributed by atoms with van der Waals surface area (Å²) in [4.78, 5) is 25.4. The van der Waals surface area contributed by atoms with Crippen LogP contribution in [0.4, 0.5) is 0 Å². The van der Waals surface area contributed by atoms with E-state index in [1.54, 1.807) is 12.1 Å². The monoisotopic (exact) mass is 300 g/mol. The number of benzene rings is 1. The minimum absolute atomic E-state index is 0.0000231. The van der Waals surface area contributed by atoms with E-state index in [0.717, 1.165) is 12.8 Å². The molecule has 4 atom stereocenters. The van der Waals surface area contributed by atoms with E-state index in [1.807, 2.05) is 25.1 Å². The predicted molar refractivity (Wildman–Crippen MR) is 84.6 cm³/mol. The van der Waals surface area contributed by atoms with Crippen molar-refractivity contribution in [3.05, 3.63) is 35.9 Å². The molecule has 0 bridgehead atoms. The number of carbonyl (C=O) groups is 2. The molecule has 1 aromatic rings. The molecule has 118 valence electrons. The average Bonchev–Trinajstić information content (AvgIpc) is 2.87. The molecule has 0 unspecified atom stereocenters. The molecular formula is C19H24O3. The van der Waals surface area contributed by atoms with Gasteiger partial charge in [-0.1, -0.05) is 43.7 Å². The van der Waals surface area contributed by atoms with Gasteiger partial charge in [0.2, 0.25) is 0 Å². The number of hydrogen-bond acceptors (Lipinski definition) is 3. The zero-order valence-electron chi connectivity index (χ0n) is 13.3. The molecular weight excluding hydrogens is 276 g/mol. The molecule has 0 spiro atoms. The highest BCUT2D eigenvalue weighted by Crippen LogP contribution is 2.61. The van der Waals surface area contributed by atoms with Crippen molar-refractivity contribution in [2.24, 2.45) is 17.3 Å². The molecule has 3 heteroatoms. The molecule has 0 saturated heterocycles. The van der Waals surface area contributed by atoms with Crippen molar-refractivity contribution in [2.75, 3.05) is 0 Å². The van der Waals surface area contributed by atoms with E-state index in [9.17, 15) is 14.7 Å². The molecule has 2 aliphatic carbocycles. The van der Waals surface area contributed by atoms with Gasteiger partial charge in [-0.2, -0.15) is 0 Å². The van der Waals surface area contributed by atoms with Gasteiger partial charge < -0.3 is 5.11 Å². The largest absolute Gasteiger partial charge is 0.388 e. The summed E-state index contributed by atoms with van der Waals surface area (Å²) in [5.74, 6) is -0.234. The molecule has 0 heterocycles. The van der Waals surface area contributed by atoms with Gasteiger partial charge >= 0.3 is 0 Å². The van der Waals surface area contributed by atoms with E-state index in [0.29, 0.717) is 24.8 Å². The van der Waals surface area contributed by atoms with Crippen LogP contribution < -0.4 is 0 Å². The third-order valence-corrected chi connectivity index (χ3v) is 5.96. The van der Waals surface area contributed by atoms with Crippen LogP contribution >= 0.6 is 0 Å². The first-order valence-electron chi connectivity index (χ1n) is 8.29. The standard InChI is InChI=1S/C19H24O3/c1-3-7-14-12-18(2)15(20)10-11-19(18,22)16(14)17(21)13-8-5-4-6-9-13/h4-6,8-9,14,16,22H,3,7,10-12H2,1-2H3/t14-,16-,18-,19+/m1/s1. The topological polar surface area (TPSA) is 54.4 Å². The summed E-state index contributed by atoms with van der Waals surface area (Å²) < 4.78 is 0. The van der Waals surface area contributed by atoms with E-state index >= 15 is 0 Å². The summed E-state index contributed by atoms with van der Waals surface area (Å²) in [6, 6.07) is 9.19. The van der Waals surface area contributed by atoms with Crippen LogP contribution in [-0.2, 0) is 4.79 Å². The van der Waals surface area contributed by atoms with Gasteiger partial charge in [-0.15, -0.1) is 0 Å². The first kappa shape index (κ1) is 15.4. The summed E-state index contributed by atoms with van der Waals surface area (Å²) in [6.45, 7) is 3.95. The molecule has 0 amide bonds. The van der Waals surface area contributed by atoms with Gasteiger partial charge in [-0.3, -0.25) is 9.59 Å². The molecule has 2 fully saturated rings. The number of rotatable bonds is 4. The van der Waals surface area contributed by atoms with Gasteiger partial charge in [0.1, 0.15) is 5.78 Å². The molecule has 2 aliphatic rings. The van der Waals surface area contributed by atoms with Crippen molar-refractivity contribution in [3.63, 3.8) is 0 Å². The Labute approximate surface area is 131 Å². The van der Waals surface area contributed by atoms with Crippen LogP contribution in [-0.4, -0.2) is 22.3 Å². The van der Waals surface area contributed by atoms with E-state index < -0.39 is 16.9 Å². The SMILES string of the molecule is CCC[C@@H]1C[C@]2(C)C(=O)CC[C@]2(O)[C@H]1C(=O)c1ccccc1. The Kier molecular flexibility index (Phi) is 3.72. The van der Waals surface area contributed by atoms with Crippen LogP contribution in [0.1, 0.15) is 56.3 Å². The summed E-state index contributed by atoms with van der Waals surface area (Å²) in [5, 5.41) is 11.3. The first-order chi connectivity index (χ1) is 10.4. The molecule has 2 saturated carbocycles. The Morgan fingerprint density at radius 2 is 2.00 bits per heavy atom. The van der Waals surface area contributed by atoms with Crippen molar-refractivity contribution in [1.29, 1.82) is 0 Å². The van der Waals surface area contributed by atoms with Crippen LogP contribution in [0, 0.1) is 17.3 Å². The lowest BCUT2D eigenvalue weighted by Crippen LogP contribution is -2.48. The Bertz CT molecular complexity index is 594. The minimum atomic E-state index is -1.17. The smallest absolute Gasteiger partial charge is 0.169 e. The summed E-state index contributed by atoms with van der Waals surface area (Å²) in [5.41, 5.74) is -1.27. The van der Waals surface area contributed by atoms with Gasteiger partial charge in [0, 0.05) is 12.0 Å². The van der Waals surface area contributed by atoms with E-state index in [-0.39, 0.29) is 17.5 Å². The third kappa shape index (κ3) is 1.98. The van der Waals surface area contributed by atoms with Crippen molar-refractivity contribution >= 4 is 11.6 Å². The summed E-state index contributed by atoms with van der Waals surface area (Å²) in [6.07, 6.45) is 3.30. The van der Waals surface area contributed by atoms with Crippen LogP contribution in [0.3, 0.4) is 0 Å². The lowest BCUT2D eigenvalue weighted by Gasteiger charge is -2.35. The maximum absolute atomic E-state index is 13.1. The molecule has 22 heavy (non-hydrogen) atoms. The molecule has 1 N–H and O–H groups in total. The second-order valence-electron chi connectivity index (χ2n) is 7.14. The number of hydrogen-bond donors (Lipinski definition) is 1. The van der Waals surface area contributed by atoms with Crippen LogP contribution in [0.2, 0.25) is 0 Å². The summed E-state index contributed by atoms with van der Waals surface area (Å²) >= 11 is 0. The highest BCUT2D eigenvalue weighted by Gasteiger charge is 2.68. The molecule has 0 radical (unpaired) electrons. The molecule has 3 nitrogen and oxygen atoms in total. The van der Waals surface area contributed by atoms with Crippen molar-refractivity contribution in [3.8, 4) is 0 Å². The maximum atomic E-state index is 13.1. The quantitative estimate of drug-likeness (QED) is 0.867. The van der Waals surface area contributed by atoms with Crippen molar-refractivity contribution < 1.29 is 14.7 Å². The highest BCUT2D eigenvalue weighted by atomic mass is 16.3. The summed E-state index contributed by atoms with van der Waals surface area (Å²) in [7, 11) is 0. The number of aliphatic hydroxyl groups is 1. The molecule has 3 rings (SSSR count). The Morgan fingerprint density at radius 1 is 1.32 bits per heavy atom. The number of fused-ring (bicyclic) bond motifs is 1. The van der Waals surface area contributed by atoms with Crippen LogP contribution in [0.15, 0.2) is 30.3 Å². The van der Waals surface area contributed by atoms with E-state index in [2.05, 4.69) is 6.92 Å².